The summed E-state index contributed by atoms with van der Waals surface area (Å²) in [5, 5.41) is 0. The van der Waals surface area contributed by atoms with Gasteiger partial charge < -0.3 is 23.7 Å². The second kappa shape index (κ2) is 14.0. The SMILES string of the molecule is C=CCOP(=O)(OCC=C)O[C@@H]1O[C@H](COC(C)=O)[C@@H](OC(C)=O)[C@H](OC(C)=O)[C@H]1OC(C)=O. The van der Waals surface area contributed by atoms with Gasteiger partial charge in [-0.1, -0.05) is 12.2 Å². The minimum absolute atomic E-state index is 0.250. The molecule has 13 nitrogen and oxygen atoms in total. The van der Waals surface area contributed by atoms with E-state index in [1.165, 1.54) is 12.2 Å². The fourth-order valence-corrected chi connectivity index (χ4v) is 3.98. The van der Waals surface area contributed by atoms with Gasteiger partial charge in [0, 0.05) is 27.7 Å². The van der Waals surface area contributed by atoms with Crippen molar-refractivity contribution < 1.29 is 61.0 Å². The van der Waals surface area contributed by atoms with Crippen molar-refractivity contribution in [1.29, 1.82) is 0 Å². The summed E-state index contributed by atoms with van der Waals surface area (Å²) in [5.41, 5.74) is 0. The molecule has 0 bridgehead atoms. The van der Waals surface area contributed by atoms with E-state index < -0.39 is 69.0 Å². The van der Waals surface area contributed by atoms with Gasteiger partial charge in [-0.3, -0.25) is 32.7 Å². The summed E-state index contributed by atoms with van der Waals surface area (Å²) in [6.45, 7) is 10.2. The molecule has 0 aromatic rings. The minimum atomic E-state index is -4.39. The van der Waals surface area contributed by atoms with Gasteiger partial charge in [-0.25, -0.2) is 4.57 Å². The lowest BCUT2D eigenvalue weighted by Crippen LogP contribution is -2.62. The van der Waals surface area contributed by atoms with Crippen LogP contribution in [0.4, 0.5) is 0 Å². The molecule has 1 aliphatic heterocycles. The van der Waals surface area contributed by atoms with Gasteiger partial charge in [0.15, 0.2) is 18.3 Å². The predicted octanol–water partition coefficient (Wildman–Crippen LogP) is 1.60. The molecule has 1 saturated heterocycles. The highest BCUT2D eigenvalue weighted by molar-refractivity contribution is 7.48. The topological polar surface area (TPSA) is 159 Å². The number of esters is 4. The van der Waals surface area contributed by atoms with E-state index in [1.54, 1.807) is 0 Å². The van der Waals surface area contributed by atoms with E-state index in [0.717, 1.165) is 27.7 Å². The van der Waals surface area contributed by atoms with Crippen LogP contribution in [0.5, 0.6) is 0 Å². The Hall–Kier alpha value is -2.57. The van der Waals surface area contributed by atoms with Crippen molar-refractivity contribution in [2.24, 2.45) is 0 Å². The summed E-state index contributed by atoms with van der Waals surface area (Å²) in [6, 6.07) is 0. The highest BCUT2D eigenvalue weighted by Gasteiger charge is 2.54. The zero-order chi connectivity index (χ0) is 25.9. The lowest BCUT2D eigenvalue weighted by Gasteiger charge is -2.44. The van der Waals surface area contributed by atoms with Crippen LogP contribution in [0.1, 0.15) is 27.7 Å². The lowest BCUT2D eigenvalue weighted by atomic mass is 9.98. The van der Waals surface area contributed by atoms with Crippen molar-refractivity contribution in [3.05, 3.63) is 25.3 Å². The fraction of sp³-hybridized carbons (Fsp3) is 0.600. The molecule has 0 spiro atoms. The normalized spacial score (nSPS) is 24.4. The molecule has 0 aromatic heterocycles. The highest BCUT2D eigenvalue weighted by Crippen LogP contribution is 2.52. The Morgan fingerprint density at radius 2 is 1.26 bits per heavy atom. The van der Waals surface area contributed by atoms with Gasteiger partial charge in [-0.15, -0.1) is 13.2 Å². The second-order valence-electron chi connectivity index (χ2n) is 6.79. The van der Waals surface area contributed by atoms with Crippen molar-refractivity contribution in [2.75, 3.05) is 19.8 Å². The molecule has 192 valence electrons. The summed E-state index contributed by atoms with van der Waals surface area (Å²) in [5.74, 6) is -3.18. The van der Waals surface area contributed by atoms with Crippen molar-refractivity contribution in [3.8, 4) is 0 Å². The molecule has 0 aliphatic carbocycles. The summed E-state index contributed by atoms with van der Waals surface area (Å²) in [4.78, 5) is 46.7. The Kier molecular flexibility index (Phi) is 12.1. The van der Waals surface area contributed by atoms with Gasteiger partial charge in [-0.2, -0.15) is 0 Å². The standard InChI is InChI=1S/C20H29O13P/c1-7-9-27-34(25,28-10-8-2)33-20-19(31-15(6)24)18(30-14(5)23)17(29-13(4)22)16(32-20)11-26-12(3)21/h7-8,16-20H,1-2,9-11H2,3-6H3/t16-,17-,18+,19-,20+/m1/s1. The smallest absolute Gasteiger partial charge is 0.463 e. The largest absolute Gasteiger partial charge is 0.477 e. The fourth-order valence-electron chi connectivity index (χ4n) is 2.79. The first-order valence-electron chi connectivity index (χ1n) is 10.0. The van der Waals surface area contributed by atoms with E-state index in [0.29, 0.717) is 0 Å². The van der Waals surface area contributed by atoms with E-state index in [2.05, 4.69) is 13.2 Å². The molecule has 0 N–H and O–H groups in total. The van der Waals surface area contributed by atoms with Crippen LogP contribution < -0.4 is 0 Å². The van der Waals surface area contributed by atoms with Crippen molar-refractivity contribution >= 4 is 31.7 Å². The number of phosphoric acid groups is 1. The summed E-state index contributed by atoms with van der Waals surface area (Å²) in [6.07, 6.45) is -4.96. The number of hydrogen-bond donors (Lipinski definition) is 0. The zero-order valence-corrected chi connectivity index (χ0v) is 20.2. The predicted molar refractivity (Wildman–Crippen MR) is 113 cm³/mol. The number of carbonyl (C=O) groups is 4. The van der Waals surface area contributed by atoms with Gasteiger partial charge in [0.2, 0.25) is 6.29 Å². The van der Waals surface area contributed by atoms with E-state index in [1.807, 2.05) is 0 Å². The average molecular weight is 508 g/mol. The molecule has 0 amide bonds. The molecular formula is C20H29O13P. The number of hydrogen-bond acceptors (Lipinski definition) is 13. The van der Waals surface area contributed by atoms with Gasteiger partial charge in [0.25, 0.3) is 0 Å². The zero-order valence-electron chi connectivity index (χ0n) is 19.3. The van der Waals surface area contributed by atoms with Gasteiger partial charge in [-0.05, 0) is 0 Å². The average Bonchev–Trinajstić information content (AvgIpc) is 2.73. The Labute approximate surface area is 196 Å². The molecule has 0 unspecified atom stereocenters. The third-order valence-corrected chi connectivity index (χ3v) is 5.28. The summed E-state index contributed by atoms with van der Waals surface area (Å²) >= 11 is 0. The molecular weight excluding hydrogens is 479 g/mol. The Balaban J connectivity index is 3.46. The third kappa shape index (κ3) is 9.74. The maximum atomic E-state index is 13.1. The van der Waals surface area contributed by atoms with Gasteiger partial charge >= 0.3 is 31.7 Å². The summed E-state index contributed by atoms with van der Waals surface area (Å²) in [7, 11) is -4.39. The maximum Gasteiger partial charge on any atom is 0.477 e. The molecule has 1 fully saturated rings. The molecule has 0 radical (unpaired) electrons. The number of carbonyl (C=O) groups excluding carboxylic acids is 4. The molecule has 1 rings (SSSR count). The van der Waals surface area contributed by atoms with E-state index in [4.69, 9.17) is 37.3 Å². The first-order valence-corrected chi connectivity index (χ1v) is 11.5. The van der Waals surface area contributed by atoms with Crippen LogP contribution in [-0.4, -0.2) is 74.4 Å². The number of phosphoric ester groups is 1. The van der Waals surface area contributed by atoms with E-state index >= 15 is 0 Å². The maximum absolute atomic E-state index is 13.1. The molecule has 14 heteroatoms. The molecule has 0 saturated carbocycles. The molecule has 34 heavy (non-hydrogen) atoms. The van der Waals surface area contributed by atoms with Crippen LogP contribution in [0.25, 0.3) is 0 Å². The first-order chi connectivity index (χ1) is 15.9. The van der Waals surface area contributed by atoms with E-state index in [9.17, 15) is 23.7 Å². The second-order valence-corrected chi connectivity index (χ2v) is 8.41. The van der Waals surface area contributed by atoms with Crippen LogP contribution in [0.15, 0.2) is 25.3 Å². The van der Waals surface area contributed by atoms with Crippen LogP contribution >= 0.6 is 7.82 Å². The minimum Gasteiger partial charge on any atom is -0.463 e. The molecule has 0 aromatic carbocycles. The molecule has 1 heterocycles. The van der Waals surface area contributed by atoms with Crippen LogP contribution in [-0.2, 0) is 61.0 Å². The van der Waals surface area contributed by atoms with Crippen molar-refractivity contribution in [2.45, 2.75) is 58.4 Å². The lowest BCUT2D eigenvalue weighted by molar-refractivity contribution is -0.291. The Morgan fingerprint density at radius 3 is 1.71 bits per heavy atom. The monoisotopic (exact) mass is 508 g/mol. The summed E-state index contributed by atoms with van der Waals surface area (Å²) < 4.78 is 55.2. The molecule has 1 aliphatic rings. The first kappa shape index (κ1) is 29.5. The van der Waals surface area contributed by atoms with Crippen molar-refractivity contribution in [1.82, 2.24) is 0 Å². The van der Waals surface area contributed by atoms with Crippen LogP contribution in [0.2, 0.25) is 0 Å². The molecule has 5 atom stereocenters. The van der Waals surface area contributed by atoms with Gasteiger partial charge in [0.1, 0.15) is 12.7 Å². The third-order valence-electron chi connectivity index (χ3n) is 3.88. The highest BCUT2D eigenvalue weighted by atomic mass is 31.2. The Morgan fingerprint density at radius 1 is 0.794 bits per heavy atom. The quantitative estimate of drug-likeness (QED) is 0.153. The Bertz CT molecular complexity index is 794. The van der Waals surface area contributed by atoms with Gasteiger partial charge in [0.05, 0.1) is 13.2 Å². The van der Waals surface area contributed by atoms with Crippen LogP contribution in [0.3, 0.4) is 0 Å². The van der Waals surface area contributed by atoms with Crippen LogP contribution in [0, 0.1) is 0 Å². The van der Waals surface area contributed by atoms with Crippen molar-refractivity contribution in [3.63, 3.8) is 0 Å². The van der Waals surface area contributed by atoms with E-state index in [-0.39, 0.29) is 13.2 Å². The number of rotatable bonds is 13. The number of ether oxygens (including phenoxy) is 5.